The van der Waals surface area contributed by atoms with Crippen LogP contribution in [0, 0.1) is 39.9 Å². The smallest absolute Gasteiger partial charge is 0.410 e. The molecule has 6 aliphatic carbocycles. The summed E-state index contributed by atoms with van der Waals surface area (Å²) in [7, 11) is 0. The molecule has 0 radical (unpaired) electrons. The zero-order valence-corrected chi connectivity index (χ0v) is 22.7. The predicted octanol–water partition coefficient (Wildman–Crippen LogP) is 5.77. The Labute approximate surface area is 222 Å². The highest BCUT2D eigenvalue weighted by Gasteiger charge is 2.83. The molecule has 4 unspecified atom stereocenters. The van der Waals surface area contributed by atoms with E-state index >= 15 is 0 Å². The van der Waals surface area contributed by atoms with E-state index in [-0.39, 0.29) is 41.6 Å². The van der Waals surface area contributed by atoms with Crippen molar-refractivity contribution in [2.24, 2.45) is 39.9 Å². The number of amides is 1. The molecule has 2 spiro atoms. The number of ketones is 1. The number of halogens is 1. The van der Waals surface area contributed by atoms with Gasteiger partial charge in [0.15, 0.2) is 5.78 Å². The lowest BCUT2D eigenvalue weighted by molar-refractivity contribution is -0.165. The quantitative estimate of drug-likeness (QED) is 0.343. The highest BCUT2D eigenvalue weighted by Crippen LogP contribution is 2.81. The van der Waals surface area contributed by atoms with Crippen LogP contribution < -0.4 is 0 Å². The third-order valence-electron chi connectivity index (χ3n) is 11.5. The summed E-state index contributed by atoms with van der Waals surface area (Å²) in [6, 6.07) is 9.92. The topological polar surface area (TPSA) is 55.8 Å². The van der Waals surface area contributed by atoms with Gasteiger partial charge in [-0.05, 0) is 72.3 Å². The summed E-state index contributed by atoms with van der Waals surface area (Å²) in [4.78, 5) is 29.8. The van der Waals surface area contributed by atoms with Crippen LogP contribution in [-0.4, -0.2) is 47.4 Å². The second kappa shape index (κ2) is 7.92. The molecule has 1 saturated heterocycles. The van der Waals surface area contributed by atoms with Gasteiger partial charge in [-0.1, -0.05) is 66.2 Å². The van der Waals surface area contributed by atoms with Gasteiger partial charge in [-0.2, -0.15) is 0 Å². The molecular formula is C30H36BrNO4. The molecule has 36 heavy (non-hydrogen) atoms. The minimum absolute atomic E-state index is 0.0290. The first kappa shape index (κ1) is 23.5. The van der Waals surface area contributed by atoms with Crippen LogP contribution in [0.15, 0.2) is 42.5 Å². The van der Waals surface area contributed by atoms with Crippen LogP contribution in [0.5, 0.6) is 0 Å². The Morgan fingerprint density at radius 2 is 2.03 bits per heavy atom. The number of alkyl halides is 1. The Kier molecular flexibility index (Phi) is 5.16. The fraction of sp³-hybridized carbons (Fsp3) is 0.667. The molecule has 6 heteroatoms. The first-order valence-corrected chi connectivity index (χ1v) is 14.9. The Morgan fingerprint density at radius 3 is 2.81 bits per heavy atom. The molecule has 192 valence electrons. The number of Topliss-reactive ketones (excluding diaryl/α,β-unsaturated/α-hetero) is 1. The molecule has 1 amide bonds. The van der Waals surface area contributed by atoms with Gasteiger partial charge in [0.1, 0.15) is 6.61 Å². The lowest BCUT2D eigenvalue weighted by atomic mass is 9.40. The summed E-state index contributed by atoms with van der Waals surface area (Å²) >= 11 is 3.58. The number of rotatable bonds is 5. The Bertz CT molecular complexity index is 1120. The first-order chi connectivity index (χ1) is 17.4. The lowest BCUT2D eigenvalue weighted by Gasteiger charge is -2.62. The summed E-state index contributed by atoms with van der Waals surface area (Å²) in [5.74, 6) is 1.55. The van der Waals surface area contributed by atoms with Crippen LogP contribution in [0.4, 0.5) is 4.79 Å². The molecule has 5 nitrogen and oxygen atoms in total. The number of carbonyl (C=O) groups excluding carboxylic acids is 2. The number of benzene rings is 1. The zero-order chi connectivity index (χ0) is 24.9. The molecule has 1 aromatic rings. The molecule has 1 heterocycles. The minimum atomic E-state index is -0.426. The molecule has 7 aliphatic rings. The normalized spacial score (nSPS) is 45.7. The Morgan fingerprint density at radius 1 is 1.22 bits per heavy atom. The van der Waals surface area contributed by atoms with Crippen molar-refractivity contribution in [3.8, 4) is 0 Å². The fourth-order valence-corrected chi connectivity index (χ4v) is 10.9. The summed E-state index contributed by atoms with van der Waals surface area (Å²) in [6.07, 6.45) is 6.09. The third-order valence-corrected chi connectivity index (χ3v) is 11.8. The second-order valence-electron chi connectivity index (χ2n) is 12.7. The Balaban J connectivity index is 1.30. The van der Waals surface area contributed by atoms with E-state index in [0.717, 1.165) is 61.5 Å². The summed E-state index contributed by atoms with van der Waals surface area (Å²) in [5, 5.41) is 0.803. The van der Waals surface area contributed by atoms with Crippen LogP contribution in [0.3, 0.4) is 0 Å². The van der Waals surface area contributed by atoms with Gasteiger partial charge in [-0.15, -0.1) is 0 Å². The van der Waals surface area contributed by atoms with Gasteiger partial charge in [-0.3, -0.25) is 4.79 Å². The van der Waals surface area contributed by atoms with Crippen molar-refractivity contribution < 1.29 is 19.1 Å². The van der Waals surface area contributed by atoms with Gasteiger partial charge in [0.2, 0.25) is 0 Å². The molecule has 0 N–H and O–H groups in total. The van der Waals surface area contributed by atoms with Crippen LogP contribution >= 0.6 is 15.9 Å². The fourth-order valence-electron chi connectivity index (χ4n) is 10.7. The molecule has 7 fully saturated rings. The van der Waals surface area contributed by atoms with E-state index in [4.69, 9.17) is 9.47 Å². The van der Waals surface area contributed by atoms with Gasteiger partial charge in [-0.25, -0.2) is 4.79 Å². The van der Waals surface area contributed by atoms with E-state index in [1.165, 1.54) is 0 Å². The van der Waals surface area contributed by atoms with Crippen molar-refractivity contribution in [2.45, 2.75) is 64.2 Å². The van der Waals surface area contributed by atoms with E-state index in [1.54, 1.807) is 0 Å². The summed E-state index contributed by atoms with van der Waals surface area (Å²) in [5.41, 5.74) is 1.40. The average molecular weight is 555 g/mol. The zero-order valence-electron chi connectivity index (χ0n) is 21.1. The maximum Gasteiger partial charge on any atom is 0.410 e. The molecule has 9 atom stereocenters. The molecule has 0 aromatic heterocycles. The SMILES string of the molecule is C=C1C(=O)[C@@]23C[C@@H]4[C@H]5C6(CCC[C@@]5(C)CN4C(=O)OCc4ccccc4)C2CC1CC3[C@@H]6OCCBr. The highest BCUT2D eigenvalue weighted by molar-refractivity contribution is 9.09. The second-order valence-corrected chi connectivity index (χ2v) is 13.5. The molecule has 8 rings (SSSR count). The van der Waals surface area contributed by atoms with E-state index in [0.29, 0.717) is 30.1 Å². The number of nitrogens with zero attached hydrogens (tertiary/aromatic N) is 1. The number of ether oxygens (including phenoxy) is 2. The van der Waals surface area contributed by atoms with Crippen LogP contribution in [0.1, 0.15) is 51.0 Å². The largest absolute Gasteiger partial charge is 0.445 e. The number of fused-ring (bicyclic) bond motifs is 1. The first-order valence-electron chi connectivity index (χ1n) is 13.8. The van der Waals surface area contributed by atoms with Crippen molar-refractivity contribution in [3.63, 3.8) is 0 Å². The Hall–Kier alpha value is -1.66. The van der Waals surface area contributed by atoms with Crippen molar-refractivity contribution >= 4 is 27.8 Å². The van der Waals surface area contributed by atoms with Gasteiger partial charge >= 0.3 is 6.09 Å². The molecule has 1 aromatic carbocycles. The van der Waals surface area contributed by atoms with Crippen molar-refractivity contribution in [3.05, 3.63) is 48.0 Å². The van der Waals surface area contributed by atoms with Gasteiger partial charge in [0.25, 0.3) is 0 Å². The van der Waals surface area contributed by atoms with Crippen LogP contribution in [-0.2, 0) is 20.9 Å². The van der Waals surface area contributed by atoms with Crippen molar-refractivity contribution in [1.29, 1.82) is 0 Å². The van der Waals surface area contributed by atoms with Crippen molar-refractivity contribution in [1.82, 2.24) is 4.90 Å². The van der Waals surface area contributed by atoms with Crippen LogP contribution in [0.2, 0.25) is 0 Å². The number of carbonyl (C=O) groups is 2. The van der Waals surface area contributed by atoms with E-state index in [9.17, 15) is 9.59 Å². The molecule has 6 saturated carbocycles. The average Bonchev–Trinajstić information content (AvgIpc) is 3.18. The standard InChI is InChI=1S/C30H36BrNO4/c1-18-20-13-21-26(35-12-11-31)29-10-6-9-28(2)17-32(27(34)36-16-19-7-4-3-5-8-19)22(24(28)29)15-30(21,25(18)33)23(29)14-20/h3-5,7-8,20-24,26H,1,6,9-17H2,2H3/t20?,21?,22-,23?,24-,26+,28+,29?,30-/m1/s1. The summed E-state index contributed by atoms with van der Waals surface area (Å²) in [6.45, 7) is 8.36. The third kappa shape index (κ3) is 2.76. The summed E-state index contributed by atoms with van der Waals surface area (Å²) < 4.78 is 12.7. The van der Waals surface area contributed by atoms with Crippen LogP contribution in [0.25, 0.3) is 0 Å². The maximum absolute atomic E-state index is 14.1. The molecular weight excluding hydrogens is 518 g/mol. The molecule has 1 aliphatic heterocycles. The lowest BCUT2D eigenvalue weighted by Crippen LogP contribution is -2.64. The number of hydrogen-bond donors (Lipinski definition) is 0. The van der Waals surface area contributed by atoms with E-state index in [2.05, 4.69) is 29.4 Å². The van der Waals surface area contributed by atoms with Gasteiger partial charge in [0, 0.05) is 28.7 Å². The van der Waals surface area contributed by atoms with E-state index < -0.39 is 5.41 Å². The number of likely N-dealkylation sites (tertiary alicyclic amines) is 1. The van der Waals surface area contributed by atoms with Gasteiger partial charge in [0.05, 0.1) is 12.7 Å². The molecule has 5 bridgehead atoms. The number of allylic oxidation sites excluding steroid dienone is 1. The minimum Gasteiger partial charge on any atom is -0.445 e. The number of hydrogen-bond acceptors (Lipinski definition) is 4. The predicted molar refractivity (Wildman–Crippen MR) is 139 cm³/mol. The van der Waals surface area contributed by atoms with Crippen molar-refractivity contribution in [2.75, 3.05) is 18.5 Å². The van der Waals surface area contributed by atoms with E-state index in [1.807, 2.05) is 35.2 Å². The highest BCUT2D eigenvalue weighted by atomic mass is 79.9. The van der Waals surface area contributed by atoms with Gasteiger partial charge < -0.3 is 14.4 Å². The maximum atomic E-state index is 14.1. The monoisotopic (exact) mass is 553 g/mol.